The molecule has 1 aromatic rings. The van der Waals surface area contributed by atoms with E-state index in [9.17, 15) is 4.79 Å². The topological polar surface area (TPSA) is 42.9 Å². The zero-order valence-corrected chi connectivity index (χ0v) is 6.90. The number of aromatic nitrogens is 2. The fraction of sp³-hybridized carbons (Fsp3) is 0.444. The average molecular weight is 162 g/mol. The molecule has 1 aromatic heterocycles. The monoisotopic (exact) mass is 162 g/mol. The minimum absolute atomic E-state index is 0.197. The molecule has 3 nitrogen and oxygen atoms in total. The smallest absolute Gasteiger partial charge is 0.169 e. The van der Waals surface area contributed by atoms with E-state index in [0.717, 1.165) is 6.42 Å². The highest BCUT2D eigenvalue weighted by Gasteiger charge is 2.39. The summed E-state index contributed by atoms with van der Waals surface area (Å²) in [4.78, 5) is 19.2. The highest BCUT2D eigenvalue weighted by atomic mass is 16.1. The van der Waals surface area contributed by atoms with Crippen LogP contribution < -0.4 is 0 Å². The van der Waals surface area contributed by atoms with Gasteiger partial charge < -0.3 is 0 Å². The van der Waals surface area contributed by atoms with Gasteiger partial charge in [0, 0.05) is 18.3 Å². The van der Waals surface area contributed by atoms with Crippen molar-refractivity contribution in [3.8, 4) is 0 Å². The number of nitrogens with zero attached hydrogens (tertiary/aromatic N) is 2. The Hall–Kier alpha value is -1.25. The van der Waals surface area contributed by atoms with Gasteiger partial charge in [-0.15, -0.1) is 0 Å². The van der Waals surface area contributed by atoms with Crippen LogP contribution in [0.3, 0.4) is 0 Å². The van der Waals surface area contributed by atoms with Gasteiger partial charge >= 0.3 is 0 Å². The van der Waals surface area contributed by atoms with E-state index in [1.165, 1.54) is 6.33 Å². The summed E-state index contributed by atoms with van der Waals surface area (Å²) in [5, 5.41) is 0. The summed E-state index contributed by atoms with van der Waals surface area (Å²) in [5.74, 6) is 0.983. The first-order valence-corrected chi connectivity index (χ1v) is 4.08. The molecule has 0 N–H and O–H groups in total. The molecule has 62 valence electrons. The van der Waals surface area contributed by atoms with Gasteiger partial charge in [-0.3, -0.25) is 4.79 Å². The molecule has 0 aromatic carbocycles. The van der Waals surface area contributed by atoms with Crippen molar-refractivity contribution in [2.45, 2.75) is 13.3 Å². The van der Waals surface area contributed by atoms with E-state index in [-0.39, 0.29) is 11.7 Å². The van der Waals surface area contributed by atoms with Crippen molar-refractivity contribution < 1.29 is 4.79 Å². The Bertz CT molecular complexity index is 297. The molecule has 1 aliphatic carbocycles. The molecule has 3 heteroatoms. The minimum Gasteiger partial charge on any atom is -0.294 e. The molecule has 0 spiro atoms. The van der Waals surface area contributed by atoms with Gasteiger partial charge in [-0.25, -0.2) is 9.97 Å². The molecule has 0 amide bonds. The summed E-state index contributed by atoms with van der Waals surface area (Å²) in [6.07, 6.45) is 5.63. The molecule has 2 rings (SSSR count). The van der Waals surface area contributed by atoms with E-state index in [0.29, 0.717) is 11.5 Å². The van der Waals surface area contributed by atoms with Crippen LogP contribution in [0.2, 0.25) is 0 Å². The second-order valence-electron chi connectivity index (χ2n) is 3.31. The lowest BCUT2D eigenvalue weighted by atomic mass is 10.1. The van der Waals surface area contributed by atoms with Gasteiger partial charge in [0.2, 0.25) is 0 Å². The lowest BCUT2D eigenvalue weighted by molar-refractivity contribution is 0.0961. The largest absolute Gasteiger partial charge is 0.294 e. The van der Waals surface area contributed by atoms with E-state index < -0.39 is 0 Å². The Morgan fingerprint density at radius 1 is 1.50 bits per heavy atom. The normalized spacial score (nSPS) is 26.8. The molecule has 0 saturated heterocycles. The third-order valence-corrected chi connectivity index (χ3v) is 2.29. The van der Waals surface area contributed by atoms with Crippen molar-refractivity contribution in [3.63, 3.8) is 0 Å². The minimum atomic E-state index is 0.197. The van der Waals surface area contributed by atoms with Crippen molar-refractivity contribution in [2.24, 2.45) is 11.8 Å². The van der Waals surface area contributed by atoms with Crippen molar-refractivity contribution in [1.82, 2.24) is 9.97 Å². The first-order chi connectivity index (χ1) is 5.79. The highest BCUT2D eigenvalue weighted by molar-refractivity contribution is 5.99. The molecule has 1 saturated carbocycles. The Labute approximate surface area is 70.9 Å². The van der Waals surface area contributed by atoms with Crippen LogP contribution in [0.5, 0.6) is 0 Å². The average Bonchev–Trinajstić information content (AvgIpc) is 2.83. The third-order valence-electron chi connectivity index (χ3n) is 2.29. The molecule has 0 radical (unpaired) electrons. The fourth-order valence-electron chi connectivity index (χ4n) is 1.33. The lowest BCUT2D eigenvalue weighted by Gasteiger charge is -1.95. The lowest BCUT2D eigenvalue weighted by Crippen LogP contribution is -2.03. The van der Waals surface area contributed by atoms with E-state index >= 15 is 0 Å². The van der Waals surface area contributed by atoms with Crippen LogP contribution in [-0.4, -0.2) is 15.8 Å². The first kappa shape index (κ1) is 7.40. The zero-order chi connectivity index (χ0) is 8.55. The predicted molar refractivity (Wildman–Crippen MR) is 43.6 cm³/mol. The molecule has 1 heterocycles. The maximum Gasteiger partial charge on any atom is 0.169 e. The molecule has 0 bridgehead atoms. The van der Waals surface area contributed by atoms with E-state index in [1.807, 2.05) is 0 Å². The SMILES string of the molecule is CC1CC1C(=O)c1cncnc1. The quantitative estimate of drug-likeness (QED) is 0.616. The molecule has 1 aliphatic rings. The number of ketones is 1. The summed E-state index contributed by atoms with van der Waals surface area (Å²) in [6.45, 7) is 2.09. The van der Waals surface area contributed by atoms with Crippen molar-refractivity contribution >= 4 is 5.78 Å². The van der Waals surface area contributed by atoms with Gasteiger partial charge in [0.15, 0.2) is 5.78 Å². The third kappa shape index (κ3) is 1.22. The second kappa shape index (κ2) is 2.66. The Morgan fingerprint density at radius 3 is 2.58 bits per heavy atom. The maximum absolute atomic E-state index is 11.5. The van der Waals surface area contributed by atoms with Gasteiger partial charge in [0.05, 0.1) is 5.56 Å². The molecule has 1 fully saturated rings. The van der Waals surface area contributed by atoms with Gasteiger partial charge in [-0.2, -0.15) is 0 Å². The van der Waals surface area contributed by atoms with E-state index in [2.05, 4.69) is 16.9 Å². The summed E-state index contributed by atoms with van der Waals surface area (Å²) in [7, 11) is 0. The van der Waals surface area contributed by atoms with Crippen LogP contribution in [0.25, 0.3) is 0 Å². The van der Waals surface area contributed by atoms with Gasteiger partial charge in [-0.1, -0.05) is 6.92 Å². The predicted octanol–water partition coefficient (Wildman–Crippen LogP) is 1.32. The Morgan fingerprint density at radius 2 is 2.08 bits per heavy atom. The second-order valence-corrected chi connectivity index (χ2v) is 3.31. The van der Waals surface area contributed by atoms with Crippen LogP contribution in [0.4, 0.5) is 0 Å². The van der Waals surface area contributed by atoms with Crippen LogP contribution >= 0.6 is 0 Å². The number of hydrogen-bond acceptors (Lipinski definition) is 3. The van der Waals surface area contributed by atoms with Crippen LogP contribution in [-0.2, 0) is 0 Å². The molecule has 2 unspecified atom stereocenters. The van der Waals surface area contributed by atoms with E-state index in [4.69, 9.17) is 0 Å². The molecule has 2 atom stereocenters. The summed E-state index contributed by atoms with van der Waals surface area (Å²) in [5.41, 5.74) is 0.645. The molecular formula is C9H10N2O. The Balaban J connectivity index is 2.16. The van der Waals surface area contributed by atoms with Gasteiger partial charge in [0.25, 0.3) is 0 Å². The maximum atomic E-state index is 11.5. The molecular weight excluding hydrogens is 152 g/mol. The molecule has 0 aliphatic heterocycles. The summed E-state index contributed by atoms with van der Waals surface area (Å²) >= 11 is 0. The van der Waals surface area contributed by atoms with Crippen LogP contribution in [0.15, 0.2) is 18.7 Å². The van der Waals surface area contributed by atoms with Gasteiger partial charge in [-0.05, 0) is 12.3 Å². The summed E-state index contributed by atoms with van der Waals surface area (Å²) in [6, 6.07) is 0. The number of carbonyl (C=O) groups is 1. The number of carbonyl (C=O) groups excluding carboxylic acids is 1. The Kier molecular flexibility index (Phi) is 1.64. The van der Waals surface area contributed by atoms with Crippen molar-refractivity contribution in [3.05, 3.63) is 24.3 Å². The number of Topliss-reactive ketones (excluding diaryl/α,β-unsaturated/α-hetero) is 1. The van der Waals surface area contributed by atoms with Gasteiger partial charge in [0.1, 0.15) is 6.33 Å². The molecule has 12 heavy (non-hydrogen) atoms. The zero-order valence-electron chi connectivity index (χ0n) is 6.90. The number of hydrogen-bond donors (Lipinski definition) is 0. The standard InChI is InChI=1S/C9H10N2O/c1-6-2-8(6)9(12)7-3-10-5-11-4-7/h3-6,8H,2H2,1H3. The van der Waals surface area contributed by atoms with E-state index in [1.54, 1.807) is 12.4 Å². The van der Waals surface area contributed by atoms with Crippen LogP contribution in [0.1, 0.15) is 23.7 Å². The first-order valence-electron chi connectivity index (χ1n) is 4.08. The van der Waals surface area contributed by atoms with Crippen molar-refractivity contribution in [1.29, 1.82) is 0 Å². The fourth-order valence-corrected chi connectivity index (χ4v) is 1.33. The highest BCUT2D eigenvalue weighted by Crippen LogP contribution is 2.39. The summed E-state index contributed by atoms with van der Waals surface area (Å²) < 4.78 is 0. The van der Waals surface area contributed by atoms with Crippen molar-refractivity contribution in [2.75, 3.05) is 0 Å². The van der Waals surface area contributed by atoms with Crippen LogP contribution in [0, 0.1) is 11.8 Å². The number of rotatable bonds is 2.